The zero-order valence-corrected chi connectivity index (χ0v) is 11.9. The van der Waals surface area contributed by atoms with Crippen LogP contribution in [0.1, 0.15) is 15.9 Å². The number of benzene rings is 2. The van der Waals surface area contributed by atoms with E-state index in [4.69, 9.17) is 4.74 Å². The van der Waals surface area contributed by atoms with Gasteiger partial charge in [0.1, 0.15) is 11.6 Å². The summed E-state index contributed by atoms with van der Waals surface area (Å²) in [6, 6.07) is 11.5. The normalized spacial score (nSPS) is 10.0. The van der Waals surface area contributed by atoms with E-state index in [0.29, 0.717) is 12.2 Å². The van der Waals surface area contributed by atoms with Crippen LogP contribution in [0, 0.1) is 5.82 Å². The van der Waals surface area contributed by atoms with Crippen molar-refractivity contribution in [3.8, 4) is 5.75 Å². The molecular weight excluding hydrogens is 273 g/mol. The van der Waals surface area contributed by atoms with Crippen molar-refractivity contribution in [2.45, 2.75) is 6.54 Å². The Morgan fingerprint density at radius 1 is 1.14 bits per heavy atom. The molecule has 2 rings (SSSR count). The molecule has 0 unspecified atom stereocenters. The quantitative estimate of drug-likeness (QED) is 0.858. The number of esters is 1. The Morgan fingerprint density at radius 2 is 1.86 bits per heavy atom. The van der Waals surface area contributed by atoms with E-state index in [1.807, 2.05) is 24.3 Å². The molecule has 0 saturated carbocycles. The Kier molecular flexibility index (Phi) is 4.77. The van der Waals surface area contributed by atoms with Crippen LogP contribution in [0.2, 0.25) is 0 Å². The molecule has 0 atom stereocenters. The molecule has 2 aromatic carbocycles. The highest BCUT2D eigenvalue weighted by molar-refractivity contribution is 5.95. The molecule has 0 heterocycles. The van der Waals surface area contributed by atoms with Crippen LogP contribution in [0.3, 0.4) is 0 Å². The van der Waals surface area contributed by atoms with Crippen molar-refractivity contribution in [1.82, 2.24) is 0 Å². The monoisotopic (exact) mass is 289 g/mol. The Balaban J connectivity index is 2.13. The van der Waals surface area contributed by atoms with Gasteiger partial charge in [-0.25, -0.2) is 9.18 Å². The number of ether oxygens (including phenoxy) is 2. The fraction of sp³-hybridized carbons (Fsp3) is 0.188. The number of methoxy groups -OCH3 is 2. The third-order valence-electron chi connectivity index (χ3n) is 3.03. The van der Waals surface area contributed by atoms with Crippen LogP contribution >= 0.6 is 0 Å². The van der Waals surface area contributed by atoms with E-state index in [2.05, 4.69) is 10.1 Å². The van der Waals surface area contributed by atoms with Crippen LogP contribution in [-0.2, 0) is 11.3 Å². The van der Waals surface area contributed by atoms with Gasteiger partial charge in [0.05, 0.1) is 19.8 Å². The standard InChI is InChI=1S/C16H16FNO3/c1-20-13-6-3-11(4-7-13)10-18-15-8-5-12(17)9-14(15)16(19)21-2/h3-9,18H,10H2,1-2H3. The predicted molar refractivity (Wildman–Crippen MR) is 78.1 cm³/mol. The van der Waals surface area contributed by atoms with E-state index in [9.17, 15) is 9.18 Å². The van der Waals surface area contributed by atoms with E-state index in [1.165, 1.54) is 19.2 Å². The number of carbonyl (C=O) groups excluding carboxylic acids is 1. The van der Waals surface area contributed by atoms with Gasteiger partial charge in [-0.1, -0.05) is 12.1 Å². The highest BCUT2D eigenvalue weighted by atomic mass is 19.1. The molecule has 2 aromatic rings. The molecular formula is C16H16FNO3. The van der Waals surface area contributed by atoms with Crippen molar-refractivity contribution in [3.05, 3.63) is 59.4 Å². The van der Waals surface area contributed by atoms with Crippen LogP contribution in [0.15, 0.2) is 42.5 Å². The summed E-state index contributed by atoms with van der Waals surface area (Å²) in [4.78, 5) is 11.6. The molecule has 0 aliphatic rings. The van der Waals surface area contributed by atoms with Gasteiger partial charge in [-0.15, -0.1) is 0 Å². The fourth-order valence-electron chi connectivity index (χ4n) is 1.89. The Hall–Kier alpha value is -2.56. The number of halogens is 1. The summed E-state index contributed by atoms with van der Waals surface area (Å²) in [6.07, 6.45) is 0. The lowest BCUT2D eigenvalue weighted by atomic mass is 10.1. The van der Waals surface area contributed by atoms with Crippen LogP contribution in [0.4, 0.5) is 10.1 Å². The highest BCUT2D eigenvalue weighted by Crippen LogP contribution is 2.19. The minimum Gasteiger partial charge on any atom is -0.497 e. The summed E-state index contributed by atoms with van der Waals surface area (Å²) in [7, 11) is 2.87. The van der Waals surface area contributed by atoms with Crippen LogP contribution in [0.5, 0.6) is 5.75 Å². The molecule has 0 fully saturated rings. The SMILES string of the molecule is COC(=O)c1cc(F)ccc1NCc1ccc(OC)cc1. The molecule has 0 saturated heterocycles. The number of hydrogen-bond acceptors (Lipinski definition) is 4. The largest absolute Gasteiger partial charge is 0.497 e. The Bertz CT molecular complexity index is 626. The van der Waals surface area contributed by atoms with E-state index in [0.717, 1.165) is 17.4 Å². The third kappa shape index (κ3) is 3.72. The number of rotatable bonds is 5. The van der Waals surface area contributed by atoms with Crippen LogP contribution in [-0.4, -0.2) is 20.2 Å². The molecule has 5 heteroatoms. The maximum atomic E-state index is 13.2. The van der Waals surface area contributed by atoms with E-state index >= 15 is 0 Å². The van der Waals surface area contributed by atoms with Crippen molar-refractivity contribution in [2.24, 2.45) is 0 Å². The molecule has 0 aromatic heterocycles. The molecule has 0 spiro atoms. The van der Waals surface area contributed by atoms with Crippen LogP contribution < -0.4 is 10.1 Å². The van der Waals surface area contributed by atoms with Gasteiger partial charge in [-0.3, -0.25) is 0 Å². The van der Waals surface area contributed by atoms with Gasteiger partial charge in [0.15, 0.2) is 0 Å². The van der Waals surface area contributed by atoms with E-state index in [1.54, 1.807) is 7.11 Å². The van der Waals surface area contributed by atoms with Gasteiger partial charge in [-0.2, -0.15) is 0 Å². The molecule has 0 aliphatic carbocycles. The first-order valence-electron chi connectivity index (χ1n) is 6.38. The van der Waals surface area contributed by atoms with Crippen molar-refractivity contribution in [2.75, 3.05) is 19.5 Å². The molecule has 0 amide bonds. The summed E-state index contributed by atoms with van der Waals surface area (Å²) < 4.78 is 23.0. The van der Waals surface area contributed by atoms with Gasteiger partial charge in [0.2, 0.25) is 0 Å². The zero-order chi connectivity index (χ0) is 15.2. The molecule has 4 nitrogen and oxygen atoms in total. The average Bonchev–Trinajstić information content (AvgIpc) is 2.53. The highest BCUT2D eigenvalue weighted by Gasteiger charge is 2.12. The maximum Gasteiger partial charge on any atom is 0.340 e. The lowest BCUT2D eigenvalue weighted by Gasteiger charge is -2.11. The lowest BCUT2D eigenvalue weighted by molar-refractivity contribution is 0.0601. The van der Waals surface area contributed by atoms with E-state index < -0.39 is 11.8 Å². The number of hydrogen-bond donors (Lipinski definition) is 1. The van der Waals surface area contributed by atoms with Crippen molar-refractivity contribution >= 4 is 11.7 Å². The first-order chi connectivity index (χ1) is 10.1. The zero-order valence-electron chi connectivity index (χ0n) is 11.9. The molecule has 0 aliphatic heterocycles. The number of anilines is 1. The Morgan fingerprint density at radius 3 is 2.48 bits per heavy atom. The van der Waals surface area contributed by atoms with Crippen molar-refractivity contribution in [3.63, 3.8) is 0 Å². The minimum absolute atomic E-state index is 0.172. The van der Waals surface area contributed by atoms with Crippen molar-refractivity contribution < 1.29 is 18.7 Å². The van der Waals surface area contributed by atoms with Gasteiger partial charge < -0.3 is 14.8 Å². The maximum absolute atomic E-state index is 13.2. The van der Waals surface area contributed by atoms with Gasteiger partial charge in [0.25, 0.3) is 0 Å². The van der Waals surface area contributed by atoms with Crippen LogP contribution in [0.25, 0.3) is 0 Å². The smallest absolute Gasteiger partial charge is 0.340 e. The summed E-state index contributed by atoms with van der Waals surface area (Å²) in [5.41, 5.74) is 1.71. The summed E-state index contributed by atoms with van der Waals surface area (Å²) in [5.74, 6) is -0.284. The Labute approximate surface area is 122 Å². The first-order valence-corrected chi connectivity index (χ1v) is 6.38. The van der Waals surface area contributed by atoms with Crippen molar-refractivity contribution in [1.29, 1.82) is 0 Å². The lowest BCUT2D eigenvalue weighted by Crippen LogP contribution is -2.08. The van der Waals surface area contributed by atoms with E-state index in [-0.39, 0.29) is 5.56 Å². The molecule has 110 valence electrons. The second kappa shape index (κ2) is 6.74. The number of carbonyl (C=O) groups is 1. The summed E-state index contributed by atoms with van der Waals surface area (Å²) in [5, 5.41) is 3.10. The molecule has 0 radical (unpaired) electrons. The second-order valence-corrected chi connectivity index (χ2v) is 4.38. The third-order valence-corrected chi connectivity index (χ3v) is 3.03. The molecule has 21 heavy (non-hydrogen) atoms. The summed E-state index contributed by atoms with van der Waals surface area (Å²) >= 11 is 0. The minimum atomic E-state index is -0.577. The predicted octanol–water partition coefficient (Wildman–Crippen LogP) is 3.23. The van der Waals surface area contributed by atoms with Gasteiger partial charge in [0, 0.05) is 12.2 Å². The first kappa shape index (κ1) is 14.8. The molecule has 1 N–H and O–H groups in total. The van der Waals surface area contributed by atoms with Gasteiger partial charge in [-0.05, 0) is 35.9 Å². The topological polar surface area (TPSA) is 47.6 Å². The number of nitrogens with one attached hydrogen (secondary N) is 1. The van der Waals surface area contributed by atoms with Gasteiger partial charge >= 0.3 is 5.97 Å². The average molecular weight is 289 g/mol. The fourth-order valence-corrected chi connectivity index (χ4v) is 1.89. The summed E-state index contributed by atoms with van der Waals surface area (Å²) in [6.45, 7) is 0.500. The second-order valence-electron chi connectivity index (χ2n) is 4.38. The molecule has 0 bridgehead atoms.